The van der Waals surface area contributed by atoms with E-state index in [1.165, 1.54) is 0 Å². The van der Waals surface area contributed by atoms with Crippen LogP contribution in [-0.4, -0.2) is 18.6 Å². The summed E-state index contributed by atoms with van der Waals surface area (Å²) in [4.78, 5) is 10.1. The van der Waals surface area contributed by atoms with E-state index in [-0.39, 0.29) is 0 Å². The molecule has 2 unspecified atom stereocenters. The third-order valence-corrected chi connectivity index (χ3v) is 0.867. The zero-order chi connectivity index (χ0) is 7.56. The van der Waals surface area contributed by atoms with E-state index in [2.05, 4.69) is 9.47 Å². The second-order valence-electron chi connectivity index (χ2n) is 1.50. The number of hydrogen-bond acceptors (Lipinski definition) is 3. The highest BCUT2D eigenvalue weighted by Crippen LogP contribution is 2.14. The van der Waals surface area contributed by atoms with Crippen LogP contribution in [0.1, 0.15) is 0 Å². The molecule has 0 amide bonds. The highest BCUT2D eigenvalue weighted by molar-refractivity contribution is 5.62. The Kier molecular flexibility index (Phi) is 1.71. The van der Waals surface area contributed by atoms with Crippen LogP contribution in [0, 0.1) is 12.1 Å². The zero-order valence-corrected chi connectivity index (χ0v) is 4.64. The van der Waals surface area contributed by atoms with Gasteiger partial charge in [0.1, 0.15) is 6.17 Å². The Hall–Kier alpha value is -1.31. The molecule has 0 spiro atoms. The summed E-state index contributed by atoms with van der Waals surface area (Å²) in [6, 6.07) is 0. The van der Waals surface area contributed by atoms with Crippen molar-refractivity contribution >= 4 is 6.16 Å². The molecule has 54 valence electrons. The van der Waals surface area contributed by atoms with Crippen molar-refractivity contribution in [2.24, 2.45) is 0 Å². The van der Waals surface area contributed by atoms with Gasteiger partial charge < -0.3 is 9.47 Å². The SMILES string of the molecule is O=C1OC(F)C(C#CF)O1. The second kappa shape index (κ2) is 2.52. The van der Waals surface area contributed by atoms with E-state index in [1.807, 2.05) is 0 Å². The molecule has 0 aromatic rings. The van der Waals surface area contributed by atoms with Crippen LogP contribution in [0.4, 0.5) is 13.6 Å². The summed E-state index contributed by atoms with van der Waals surface area (Å²) < 4.78 is 31.3. The second-order valence-corrected chi connectivity index (χ2v) is 1.50. The number of rotatable bonds is 0. The van der Waals surface area contributed by atoms with Crippen LogP contribution >= 0.6 is 0 Å². The van der Waals surface area contributed by atoms with Crippen molar-refractivity contribution in [3.05, 3.63) is 0 Å². The quantitative estimate of drug-likeness (QED) is 0.375. The van der Waals surface area contributed by atoms with Gasteiger partial charge in [0.15, 0.2) is 0 Å². The Morgan fingerprint density at radius 2 is 2.20 bits per heavy atom. The van der Waals surface area contributed by atoms with Gasteiger partial charge in [-0.15, -0.1) is 4.39 Å². The average Bonchev–Trinajstić information content (AvgIpc) is 2.13. The number of carbonyl (C=O) groups excluding carboxylic acids is 1. The number of alkyl halides is 1. The van der Waals surface area contributed by atoms with Gasteiger partial charge in [-0.2, -0.15) is 4.39 Å². The fourth-order valence-corrected chi connectivity index (χ4v) is 0.487. The van der Waals surface area contributed by atoms with Crippen LogP contribution in [-0.2, 0) is 9.47 Å². The molecule has 0 saturated carbocycles. The molecule has 10 heavy (non-hydrogen) atoms. The fourth-order valence-electron chi connectivity index (χ4n) is 0.487. The smallest absolute Gasteiger partial charge is 0.410 e. The molecule has 5 heteroatoms. The number of halogens is 2. The molecule has 1 aliphatic rings. The van der Waals surface area contributed by atoms with Crippen LogP contribution in [0.2, 0.25) is 0 Å². The van der Waals surface area contributed by atoms with E-state index < -0.39 is 18.6 Å². The van der Waals surface area contributed by atoms with Crippen LogP contribution in [0.25, 0.3) is 0 Å². The summed E-state index contributed by atoms with van der Waals surface area (Å²) in [7, 11) is 0. The molecule has 0 aromatic heterocycles. The van der Waals surface area contributed by atoms with Crippen LogP contribution in [0.5, 0.6) is 0 Å². The Morgan fingerprint density at radius 3 is 2.60 bits per heavy atom. The maximum atomic E-state index is 12.2. The average molecular weight is 148 g/mol. The predicted octanol–water partition coefficient (Wildman–Crippen LogP) is 0.748. The molecule has 1 saturated heterocycles. The van der Waals surface area contributed by atoms with Crippen molar-refractivity contribution in [2.75, 3.05) is 0 Å². The van der Waals surface area contributed by atoms with Gasteiger partial charge in [0, 0.05) is 0 Å². The Labute approximate surface area is 54.9 Å². The van der Waals surface area contributed by atoms with E-state index in [1.54, 1.807) is 5.92 Å². The Morgan fingerprint density at radius 1 is 1.50 bits per heavy atom. The standard InChI is InChI=1S/C5H2F2O3/c6-2-1-3-4(7)10-5(8)9-3/h3-4H. The summed E-state index contributed by atoms with van der Waals surface area (Å²) in [6.07, 6.45) is -3.65. The predicted molar refractivity (Wildman–Crippen MR) is 25.1 cm³/mol. The number of ether oxygens (including phenoxy) is 2. The largest absolute Gasteiger partial charge is 0.512 e. The molecule has 0 N–H and O–H groups in total. The molecular weight excluding hydrogens is 146 g/mol. The molecule has 1 rings (SSSR count). The maximum absolute atomic E-state index is 12.2. The first-order valence-corrected chi connectivity index (χ1v) is 2.36. The summed E-state index contributed by atoms with van der Waals surface area (Å²) >= 11 is 0. The van der Waals surface area contributed by atoms with Crippen LogP contribution in [0.3, 0.4) is 0 Å². The number of carbonyl (C=O) groups is 1. The molecule has 1 fully saturated rings. The van der Waals surface area contributed by atoms with Gasteiger partial charge in [0.2, 0.25) is 6.10 Å². The van der Waals surface area contributed by atoms with E-state index in [0.29, 0.717) is 0 Å². The lowest BCUT2D eigenvalue weighted by atomic mass is 10.4. The topological polar surface area (TPSA) is 35.5 Å². The number of cyclic esters (lactones) is 2. The maximum Gasteiger partial charge on any atom is 0.512 e. The van der Waals surface area contributed by atoms with Crippen molar-refractivity contribution < 1.29 is 23.0 Å². The Balaban J connectivity index is 2.60. The third-order valence-electron chi connectivity index (χ3n) is 0.867. The molecular formula is C5H2F2O3. The molecule has 0 aliphatic carbocycles. The van der Waals surface area contributed by atoms with Gasteiger partial charge >= 0.3 is 6.16 Å². The normalized spacial score (nSPS) is 30.0. The lowest BCUT2D eigenvalue weighted by Gasteiger charge is -1.96. The van der Waals surface area contributed by atoms with Crippen molar-refractivity contribution in [1.29, 1.82) is 0 Å². The van der Waals surface area contributed by atoms with Gasteiger partial charge in [-0.05, 0) is 5.92 Å². The summed E-state index contributed by atoms with van der Waals surface area (Å²) in [5, 5.41) is 0. The van der Waals surface area contributed by atoms with E-state index in [4.69, 9.17) is 0 Å². The lowest BCUT2D eigenvalue weighted by molar-refractivity contribution is 0.0466. The third kappa shape index (κ3) is 1.16. The van der Waals surface area contributed by atoms with Crippen molar-refractivity contribution in [1.82, 2.24) is 0 Å². The van der Waals surface area contributed by atoms with E-state index in [0.717, 1.165) is 6.17 Å². The highest BCUT2D eigenvalue weighted by atomic mass is 19.1. The van der Waals surface area contributed by atoms with Crippen molar-refractivity contribution in [3.8, 4) is 12.1 Å². The molecule has 0 aromatic carbocycles. The minimum atomic E-state index is -1.98. The molecule has 0 bridgehead atoms. The van der Waals surface area contributed by atoms with Crippen molar-refractivity contribution in [2.45, 2.75) is 12.5 Å². The molecule has 3 nitrogen and oxygen atoms in total. The number of hydrogen-bond donors (Lipinski definition) is 0. The molecule has 1 heterocycles. The Bertz CT molecular complexity index is 205. The summed E-state index contributed by atoms with van der Waals surface area (Å²) in [5.74, 6) is 1.66. The van der Waals surface area contributed by atoms with Gasteiger partial charge in [-0.1, -0.05) is 0 Å². The van der Waals surface area contributed by atoms with E-state index in [9.17, 15) is 13.6 Å². The van der Waals surface area contributed by atoms with Crippen LogP contribution < -0.4 is 0 Å². The summed E-state index contributed by atoms with van der Waals surface area (Å²) in [6.45, 7) is 0. The van der Waals surface area contributed by atoms with E-state index >= 15 is 0 Å². The first-order chi connectivity index (χ1) is 4.74. The minimum Gasteiger partial charge on any atom is -0.410 e. The van der Waals surface area contributed by atoms with Gasteiger partial charge in [0.25, 0.3) is 6.36 Å². The highest BCUT2D eigenvalue weighted by Gasteiger charge is 2.35. The van der Waals surface area contributed by atoms with Gasteiger partial charge in [0.05, 0.1) is 0 Å². The molecule has 2 atom stereocenters. The zero-order valence-electron chi connectivity index (χ0n) is 4.64. The first-order valence-electron chi connectivity index (χ1n) is 2.36. The molecule has 1 aliphatic heterocycles. The van der Waals surface area contributed by atoms with Crippen molar-refractivity contribution in [3.63, 3.8) is 0 Å². The summed E-state index contributed by atoms with van der Waals surface area (Å²) in [5.41, 5.74) is 0. The van der Waals surface area contributed by atoms with Crippen LogP contribution in [0.15, 0.2) is 0 Å². The monoisotopic (exact) mass is 148 g/mol. The van der Waals surface area contributed by atoms with Gasteiger partial charge in [-0.25, -0.2) is 4.79 Å². The first kappa shape index (κ1) is 6.81. The molecule has 0 radical (unpaired) electrons. The fraction of sp³-hybridized carbons (Fsp3) is 0.400. The minimum absolute atomic E-state index is 0.913. The van der Waals surface area contributed by atoms with Gasteiger partial charge in [-0.3, -0.25) is 0 Å². The lowest BCUT2D eigenvalue weighted by Crippen LogP contribution is -2.14.